The van der Waals surface area contributed by atoms with Crippen molar-refractivity contribution >= 4 is 0 Å². The Labute approximate surface area is 69.3 Å². The summed E-state index contributed by atoms with van der Waals surface area (Å²) in [6.07, 6.45) is 2.10. The van der Waals surface area contributed by atoms with E-state index in [1.807, 2.05) is 0 Å². The molecule has 0 aromatic rings. The first-order valence-electron chi connectivity index (χ1n) is 4.26. The first-order valence-corrected chi connectivity index (χ1v) is 4.26. The quantitative estimate of drug-likeness (QED) is 0.528. The molecular formula is C8H20N2O. The molecule has 0 radical (unpaired) electrons. The van der Waals surface area contributed by atoms with Gasteiger partial charge in [0.2, 0.25) is 0 Å². The molecule has 1 unspecified atom stereocenters. The van der Waals surface area contributed by atoms with E-state index in [4.69, 9.17) is 10.5 Å². The minimum Gasteiger partial charge on any atom is -0.385 e. The van der Waals surface area contributed by atoms with Gasteiger partial charge in [-0.15, -0.1) is 0 Å². The van der Waals surface area contributed by atoms with Crippen molar-refractivity contribution in [3.05, 3.63) is 0 Å². The van der Waals surface area contributed by atoms with Crippen LogP contribution in [0.2, 0.25) is 0 Å². The van der Waals surface area contributed by atoms with Gasteiger partial charge in [-0.05, 0) is 19.4 Å². The summed E-state index contributed by atoms with van der Waals surface area (Å²) in [5, 5.41) is 3.21. The van der Waals surface area contributed by atoms with Gasteiger partial charge >= 0.3 is 0 Å². The maximum atomic E-state index is 5.78. The summed E-state index contributed by atoms with van der Waals surface area (Å²) in [5.74, 6) is 0. The highest BCUT2D eigenvalue weighted by Gasteiger charge is 1.99. The molecule has 0 aliphatic heterocycles. The van der Waals surface area contributed by atoms with Crippen molar-refractivity contribution in [2.45, 2.75) is 25.8 Å². The molecule has 68 valence electrons. The maximum Gasteiger partial charge on any atom is 0.0462 e. The molecule has 0 aliphatic rings. The molecule has 3 heteroatoms. The standard InChI is InChI=1S/C8H20N2O/c1-3-10-7-8(9)5-4-6-11-2/h8,10H,3-7,9H2,1-2H3. The summed E-state index contributed by atoms with van der Waals surface area (Å²) < 4.78 is 4.92. The Kier molecular flexibility index (Phi) is 7.89. The molecule has 3 nitrogen and oxygen atoms in total. The van der Waals surface area contributed by atoms with E-state index in [9.17, 15) is 0 Å². The van der Waals surface area contributed by atoms with Crippen molar-refractivity contribution in [2.75, 3.05) is 26.8 Å². The van der Waals surface area contributed by atoms with Crippen molar-refractivity contribution in [1.29, 1.82) is 0 Å². The zero-order valence-electron chi connectivity index (χ0n) is 7.60. The molecule has 0 aliphatic carbocycles. The Morgan fingerprint density at radius 2 is 2.27 bits per heavy atom. The van der Waals surface area contributed by atoms with Crippen molar-refractivity contribution in [1.82, 2.24) is 5.32 Å². The van der Waals surface area contributed by atoms with Crippen LogP contribution >= 0.6 is 0 Å². The van der Waals surface area contributed by atoms with E-state index < -0.39 is 0 Å². The normalized spacial score (nSPS) is 13.4. The molecule has 11 heavy (non-hydrogen) atoms. The molecule has 0 aromatic carbocycles. The SMILES string of the molecule is CCNCC(N)CCCOC. The van der Waals surface area contributed by atoms with Gasteiger partial charge in [0, 0.05) is 26.3 Å². The summed E-state index contributed by atoms with van der Waals surface area (Å²) in [7, 11) is 1.72. The number of nitrogens with one attached hydrogen (secondary N) is 1. The largest absolute Gasteiger partial charge is 0.385 e. The Balaban J connectivity index is 3.02. The molecular weight excluding hydrogens is 140 g/mol. The second-order valence-electron chi connectivity index (χ2n) is 2.70. The molecule has 0 spiro atoms. The lowest BCUT2D eigenvalue weighted by Gasteiger charge is -2.10. The monoisotopic (exact) mass is 160 g/mol. The van der Waals surface area contributed by atoms with Gasteiger partial charge in [0.25, 0.3) is 0 Å². The maximum absolute atomic E-state index is 5.78. The highest BCUT2D eigenvalue weighted by Crippen LogP contribution is 1.92. The Morgan fingerprint density at radius 1 is 1.55 bits per heavy atom. The molecule has 0 heterocycles. The average Bonchev–Trinajstić information content (AvgIpc) is 2.01. The topological polar surface area (TPSA) is 47.3 Å². The summed E-state index contributed by atoms with van der Waals surface area (Å²) in [6, 6.07) is 0.282. The molecule has 0 saturated heterocycles. The third kappa shape index (κ3) is 7.78. The minimum absolute atomic E-state index is 0.282. The molecule has 0 amide bonds. The van der Waals surface area contributed by atoms with Crippen LogP contribution in [0, 0.1) is 0 Å². The molecule has 0 bridgehead atoms. The summed E-state index contributed by atoms with van der Waals surface area (Å²) in [4.78, 5) is 0. The molecule has 0 aromatic heterocycles. The van der Waals surface area contributed by atoms with E-state index in [1.165, 1.54) is 0 Å². The van der Waals surface area contributed by atoms with Gasteiger partial charge in [-0.3, -0.25) is 0 Å². The number of hydrogen-bond acceptors (Lipinski definition) is 3. The first-order chi connectivity index (χ1) is 5.31. The second-order valence-corrected chi connectivity index (χ2v) is 2.70. The molecule has 0 rings (SSSR count). The predicted octanol–water partition coefficient (Wildman–Crippen LogP) is 0.350. The average molecular weight is 160 g/mol. The number of ether oxygens (including phenoxy) is 1. The Bertz CT molecular complexity index is 78.5. The van der Waals surface area contributed by atoms with Crippen LogP contribution in [0.25, 0.3) is 0 Å². The van der Waals surface area contributed by atoms with E-state index in [-0.39, 0.29) is 6.04 Å². The zero-order chi connectivity index (χ0) is 8.53. The van der Waals surface area contributed by atoms with Crippen LogP contribution < -0.4 is 11.1 Å². The fraction of sp³-hybridized carbons (Fsp3) is 1.00. The van der Waals surface area contributed by atoms with Gasteiger partial charge in [-0.2, -0.15) is 0 Å². The van der Waals surface area contributed by atoms with Gasteiger partial charge in [0.05, 0.1) is 0 Å². The smallest absolute Gasteiger partial charge is 0.0462 e. The summed E-state index contributed by atoms with van der Waals surface area (Å²) in [6.45, 7) is 4.82. The van der Waals surface area contributed by atoms with E-state index in [1.54, 1.807) is 7.11 Å². The first kappa shape index (κ1) is 10.9. The molecule has 0 fully saturated rings. The van der Waals surface area contributed by atoms with Crippen LogP contribution in [0.15, 0.2) is 0 Å². The molecule has 3 N–H and O–H groups in total. The van der Waals surface area contributed by atoms with E-state index in [0.29, 0.717) is 0 Å². The number of methoxy groups -OCH3 is 1. The van der Waals surface area contributed by atoms with Gasteiger partial charge in [-0.25, -0.2) is 0 Å². The second kappa shape index (κ2) is 7.98. The van der Waals surface area contributed by atoms with Crippen LogP contribution in [0.3, 0.4) is 0 Å². The van der Waals surface area contributed by atoms with Crippen LogP contribution in [0.5, 0.6) is 0 Å². The molecule has 0 saturated carbocycles. The van der Waals surface area contributed by atoms with E-state index in [2.05, 4.69) is 12.2 Å². The predicted molar refractivity (Wildman–Crippen MR) is 47.6 cm³/mol. The van der Waals surface area contributed by atoms with Gasteiger partial charge in [-0.1, -0.05) is 6.92 Å². The highest BCUT2D eigenvalue weighted by atomic mass is 16.5. The van der Waals surface area contributed by atoms with Gasteiger partial charge < -0.3 is 15.8 Å². The lowest BCUT2D eigenvalue weighted by Crippen LogP contribution is -2.33. The molecule has 1 atom stereocenters. The van der Waals surface area contributed by atoms with Crippen molar-refractivity contribution in [3.8, 4) is 0 Å². The minimum atomic E-state index is 0.282. The number of hydrogen-bond donors (Lipinski definition) is 2. The van der Waals surface area contributed by atoms with Crippen LogP contribution in [0.1, 0.15) is 19.8 Å². The Morgan fingerprint density at radius 3 is 2.82 bits per heavy atom. The fourth-order valence-corrected chi connectivity index (χ4v) is 0.922. The lowest BCUT2D eigenvalue weighted by atomic mass is 10.2. The lowest BCUT2D eigenvalue weighted by molar-refractivity contribution is 0.190. The highest BCUT2D eigenvalue weighted by molar-refractivity contribution is 4.63. The van der Waals surface area contributed by atoms with E-state index >= 15 is 0 Å². The Hall–Kier alpha value is -0.120. The van der Waals surface area contributed by atoms with Gasteiger partial charge in [0.1, 0.15) is 0 Å². The zero-order valence-corrected chi connectivity index (χ0v) is 7.60. The van der Waals surface area contributed by atoms with Crippen molar-refractivity contribution < 1.29 is 4.74 Å². The number of likely N-dealkylation sites (N-methyl/N-ethyl adjacent to an activating group) is 1. The van der Waals surface area contributed by atoms with Crippen LogP contribution in [-0.2, 0) is 4.74 Å². The fourth-order valence-electron chi connectivity index (χ4n) is 0.922. The third-order valence-corrected chi connectivity index (χ3v) is 1.58. The van der Waals surface area contributed by atoms with Crippen LogP contribution in [0.4, 0.5) is 0 Å². The van der Waals surface area contributed by atoms with Crippen molar-refractivity contribution in [3.63, 3.8) is 0 Å². The van der Waals surface area contributed by atoms with E-state index in [0.717, 1.165) is 32.5 Å². The number of rotatable bonds is 7. The van der Waals surface area contributed by atoms with Crippen LogP contribution in [-0.4, -0.2) is 32.8 Å². The summed E-state index contributed by atoms with van der Waals surface area (Å²) in [5.41, 5.74) is 5.78. The third-order valence-electron chi connectivity index (χ3n) is 1.58. The number of nitrogens with two attached hydrogens (primary N) is 1. The summed E-state index contributed by atoms with van der Waals surface area (Å²) >= 11 is 0. The van der Waals surface area contributed by atoms with Crippen molar-refractivity contribution in [2.24, 2.45) is 5.73 Å². The van der Waals surface area contributed by atoms with Gasteiger partial charge in [0.15, 0.2) is 0 Å².